The highest BCUT2D eigenvalue weighted by Gasteiger charge is 2.74. The van der Waals surface area contributed by atoms with E-state index in [0.29, 0.717) is 51.9 Å². The summed E-state index contributed by atoms with van der Waals surface area (Å²) in [5, 5.41) is 9.25. The number of nitrogens with zero attached hydrogens (tertiary/aromatic N) is 3. The number of aliphatic hydroxyl groups is 1. The number of fused-ring (bicyclic) bond motifs is 1. The minimum Gasteiger partial charge on any atom is -0.396 e. The number of likely N-dealkylation sites (tertiary alicyclic amines) is 1. The van der Waals surface area contributed by atoms with Crippen LogP contribution in [0.1, 0.15) is 51.9 Å². The van der Waals surface area contributed by atoms with Crippen molar-refractivity contribution in [3.05, 3.63) is 55.6 Å². The Balaban J connectivity index is 1.70. The van der Waals surface area contributed by atoms with Crippen LogP contribution in [-0.2, 0) is 19.1 Å². The third-order valence-corrected chi connectivity index (χ3v) is 8.46. The average molecular weight is 538 g/mol. The maximum absolute atomic E-state index is 14.2. The summed E-state index contributed by atoms with van der Waals surface area (Å²) in [4.78, 5) is 47.7. The molecule has 1 N–H and O–H groups in total. The summed E-state index contributed by atoms with van der Waals surface area (Å²) >= 11 is 0. The van der Waals surface area contributed by atoms with E-state index in [2.05, 4.69) is 20.1 Å². The number of benzene rings is 1. The molecule has 2 bridgehead atoms. The Morgan fingerprint density at radius 1 is 1.10 bits per heavy atom. The van der Waals surface area contributed by atoms with Crippen LogP contribution in [0.3, 0.4) is 0 Å². The van der Waals surface area contributed by atoms with Crippen molar-refractivity contribution < 1.29 is 24.2 Å². The standard InChI is InChI=1S/C31H43N3O5/c1-4-7-20-32(18-5-2)30(38)27-31-17-16-24(39-31)25(26(31)29(37)34(27)21-12-9-13-22-35)28(36)33(19-6-3)23-14-10-8-11-15-23/h5-6,8,10-11,14-15,24-27,35H,2-4,7,9,12-13,16-22H2,1H3/t24-,25+,26-,27?,31?/m0/s1. The number of carbonyl (C=O) groups excluding carboxylic acids is 3. The molecule has 8 nitrogen and oxygen atoms in total. The van der Waals surface area contributed by atoms with E-state index < -0.39 is 29.6 Å². The lowest BCUT2D eigenvalue weighted by Crippen LogP contribution is -2.56. The number of carbonyl (C=O) groups is 3. The summed E-state index contributed by atoms with van der Waals surface area (Å²) < 4.78 is 6.63. The van der Waals surface area contributed by atoms with Crippen LogP contribution in [0.2, 0.25) is 0 Å². The monoisotopic (exact) mass is 537 g/mol. The number of rotatable bonds is 15. The van der Waals surface area contributed by atoms with Gasteiger partial charge in [-0.1, -0.05) is 43.7 Å². The fourth-order valence-electron chi connectivity index (χ4n) is 6.73. The summed E-state index contributed by atoms with van der Waals surface area (Å²) in [5.41, 5.74) is -0.270. The van der Waals surface area contributed by atoms with E-state index >= 15 is 0 Å². The number of para-hydroxylation sites is 1. The van der Waals surface area contributed by atoms with Gasteiger partial charge in [0.25, 0.3) is 0 Å². The van der Waals surface area contributed by atoms with Crippen molar-refractivity contribution in [2.45, 2.75) is 69.6 Å². The van der Waals surface area contributed by atoms with Crippen LogP contribution in [0.25, 0.3) is 0 Å². The third-order valence-electron chi connectivity index (χ3n) is 8.46. The van der Waals surface area contributed by atoms with E-state index in [9.17, 15) is 19.5 Å². The Bertz CT molecular complexity index is 1050. The van der Waals surface area contributed by atoms with Gasteiger partial charge in [-0.25, -0.2) is 0 Å². The molecular weight excluding hydrogens is 494 g/mol. The Morgan fingerprint density at radius 3 is 2.51 bits per heavy atom. The SMILES string of the molecule is C=CCN(CCCC)C(=O)C1N(CCCCCO)C(=O)[C@@H]2[C@H](C(=O)N(CC=C)c3ccccc3)[C@@H]3CCC12O3. The molecule has 3 fully saturated rings. The van der Waals surface area contributed by atoms with Gasteiger partial charge in [0.2, 0.25) is 17.7 Å². The number of amides is 3. The van der Waals surface area contributed by atoms with Crippen molar-refractivity contribution in [2.75, 3.05) is 37.7 Å². The first-order chi connectivity index (χ1) is 18.9. The molecule has 1 aromatic rings. The molecule has 212 valence electrons. The fraction of sp³-hybridized carbons (Fsp3) is 0.581. The van der Waals surface area contributed by atoms with Gasteiger partial charge in [0.05, 0.1) is 17.9 Å². The second-order valence-corrected chi connectivity index (χ2v) is 10.9. The zero-order valence-electron chi connectivity index (χ0n) is 23.2. The van der Waals surface area contributed by atoms with E-state index in [0.717, 1.165) is 24.9 Å². The first-order valence-corrected chi connectivity index (χ1v) is 14.4. The van der Waals surface area contributed by atoms with Crippen LogP contribution in [-0.4, -0.2) is 83.2 Å². The smallest absolute Gasteiger partial charge is 0.248 e. The second kappa shape index (κ2) is 12.9. The summed E-state index contributed by atoms with van der Waals surface area (Å²) in [7, 11) is 0. The molecule has 2 unspecified atom stereocenters. The fourth-order valence-corrected chi connectivity index (χ4v) is 6.73. The van der Waals surface area contributed by atoms with Crippen molar-refractivity contribution in [2.24, 2.45) is 11.8 Å². The van der Waals surface area contributed by atoms with Crippen LogP contribution >= 0.6 is 0 Å². The topological polar surface area (TPSA) is 90.4 Å². The molecule has 0 aromatic heterocycles. The van der Waals surface area contributed by atoms with Crippen molar-refractivity contribution in [1.82, 2.24) is 9.80 Å². The average Bonchev–Trinajstić information content (AvgIpc) is 3.59. The van der Waals surface area contributed by atoms with Gasteiger partial charge in [0.1, 0.15) is 11.6 Å². The zero-order chi connectivity index (χ0) is 28.0. The molecule has 39 heavy (non-hydrogen) atoms. The van der Waals surface area contributed by atoms with E-state index in [4.69, 9.17) is 4.74 Å². The van der Waals surface area contributed by atoms with Crippen molar-refractivity contribution in [3.63, 3.8) is 0 Å². The number of anilines is 1. The molecule has 5 atom stereocenters. The van der Waals surface area contributed by atoms with Crippen LogP contribution in [0.15, 0.2) is 55.6 Å². The summed E-state index contributed by atoms with van der Waals surface area (Å²) in [6, 6.07) is 8.64. The molecule has 1 spiro atoms. The lowest BCUT2D eigenvalue weighted by atomic mass is 9.70. The normalized spacial score (nSPS) is 26.9. The first kappa shape index (κ1) is 29.0. The van der Waals surface area contributed by atoms with Gasteiger partial charge < -0.3 is 24.5 Å². The quantitative estimate of drug-likeness (QED) is 0.273. The summed E-state index contributed by atoms with van der Waals surface area (Å²) in [6.07, 6.45) is 8.06. The predicted molar refractivity (Wildman–Crippen MR) is 151 cm³/mol. The molecule has 3 amide bonds. The molecule has 1 aromatic carbocycles. The molecular formula is C31H43N3O5. The van der Waals surface area contributed by atoms with Crippen LogP contribution < -0.4 is 4.90 Å². The van der Waals surface area contributed by atoms with Crippen LogP contribution in [0.4, 0.5) is 5.69 Å². The highest BCUT2D eigenvalue weighted by atomic mass is 16.5. The highest BCUT2D eigenvalue weighted by Crippen LogP contribution is 2.59. The van der Waals surface area contributed by atoms with Gasteiger partial charge in [-0.2, -0.15) is 0 Å². The van der Waals surface area contributed by atoms with E-state index in [1.165, 1.54) is 0 Å². The number of aliphatic hydroxyl groups excluding tert-OH is 1. The Morgan fingerprint density at radius 2 is 1.85 bits per heavy atom. The summed E-state index contributed by atoms with van der Waals surface area (Å²) in [5.74, 6) is -1.82. The third kappa shape index (κ3) is 5.41. The lowest BCUT2D eigenvalue weighted by Gasteiger charge is -2.37. The van der Waals surface area contributed by atoms with Gasteiger partial charge in [-0.3, -0.25) is 14.4 Å². The number of hydrogen-bond acceptors (Lipinski definition) is 5. The van der Waals surface area contributed by atoms with Crippen molar-refractivity contribution >= 4 is 23.4 Å². The highest BCUT2D eigenvalue weighted by molar-refractivity contribution is 6.03. The summed E-state index contributed by atoms with van der Waals surface area (Å²) in [6.45, 7) is 11.6. The number of unbranched alkanes of at least 4 members (excludes halogenated alkanes) is 3. The first-order valence-electron chi connectivity index (χ1n) is 14.4. The molecule has 0 aliphatic carbocycles. The largest absolute Gasteiger partial charge is 0.396 e. The number of hydrogen-bond donors (Lipinski definition) is 1. The zero-order valence-corrected chi connectivity index (χ0v) is 23.2. The predicted octanol–water partition coefficient (Wildman–Crippen LogP) is 3.56. The molecule has 0 saturated carbocycles. The Hall–Kier alpha value is -2.97. The molecule has 3 heterocycles. The molecule has 8 heteroatoms. The molecule has 0 radical (unpaired) electrons. The van der Waals surface area contributed by atoms with Crippen molar-refractivity contribution in [3.8, 4) is 0 Å². The van der Waals surface area contributed by atoms with Crippen molar-refractivity contribution in [1.29, 1.82) is 0 Å². The van der Waals surface area contributed by atoms with Gasteiger partial charge in [0.15, 0.2) is 0 Å². The van der Waals surface area contributed by atoms with E-state index in [-0.39, 0.29) is 24.3 Å². The van der Waals surface area contributed by atoms with Gasteiger partial charge in [-0.15, -0.1) is 13.2 Å². The molecule has 4 rings (SSSR count). The van der Waals surface area contributed by atoms with Crippen LogP contribution in [0, 0.1) is 11.8 Å². The van der Waals surface area contributed by atoms with Gasteiger partial charge in [-0.05, 0) is 50.7 Å². The lowest BCUT2D eigenvalue weighted by molar-refractivity contribution is -0.147. The molecule has 3 aliphatic rings. The maximum Gasteiger partial charge on any atom is 0.248 e. The molecule has 3 saturated heterocycles. The van der Waals surface area contributed by atoms with Gasteiger partial charge in [0, 0.05) is 38.5 Å². The second-order valence-electron chi connectivity index (χ2n) is 10.9. The van der Waals surface area contributed by atoms with Gasteiger partial charge >= 0.3 is 0 Å². The van der Waals surface area contributed by atoms with E-state index in [1.54, 1.807) is 26.9 Å². The number of ether oxygens (including phenoxy) is 1. The Kier molecular flexibility index (Phi) is 9.62. The van der Waals surface area contributed by atoms with Crippen LogP contribution in [0.5, 0.6) is 0 Å². The Labute approximate surface area is 232 Å². The minimum atomic E-state index is -1.02. The molecule has 3 aliphatic heterocycles. The maximum atomic E-state index is 14.2. The minimum absolute atomic E-state index is 0.0903. The van der Waals surface area contributed by atoms with E-state index in [1.807, 2.05) is 30.3 Å².